The number of nitrogens with one attached hydrogen (secondary N) is 1. The maximum absolute atomic E-state index is 12.6. The molecule has 0 aliphatic carbocycles. The number of thiophene rings is 1. The van der Waals surface area contributed by atoms with Crippen molar-refractivity contribution >= 4 is 28.2 Å². The summed E-state index contributed by atoms with van der Waals surface area (Å²) in [7, 11) is 0. The van der Waals surface area contributed by atoms with Crippen LogP contribution in [0, 0.1) is 11.3 Å². The van der Waals surface area contributed by atoms with Crippen LogP contribution in [0.3, 0.4) is 0 Å². The van der Waals surface area contributed by atoms with Crippen molar-refractivity contribution in [2.75, 3.05) is 18.5 Å². The average molecular weight is 436 g/mol. The van der Waals surface area contributed by atoms with Crippen LogP contribution in [0.2, 0.25) is 0 Å². The topological polar surface area (TPSA) is 97.7 Å². The summed E-state index contributed by atoms with van der Waals surface area (Å²) < 4.78 is 16.5. The van der Waals surface area contributed by atoms with Gasteiger partial charge in [0.1, 0.15) is 41.3 Å². The summed E-state index contributed by atoms with van der Waals surface area (Å²) in [4.78, 5) is 24.9. The number of carbonyl (C=O) groups excluding carboxylic acids is 2. The van der Waals surface area contributed by atoms with Crippen LogP contribution in [0.15, 0.2) is 66.0 Å². The summed E-state index contributed by atoms with van der Waals surface area (Å²) >= 11 is 1.22. The number of hydrogen-bond acceptors (Lipinski definition) is 7. The number of para-hydroxylation sites is 2. The third kappa shape index (κ3) is 6.07. The second kappa shape index (κ2) is 10.8. The van der Waals surface area contributed by atoms with E-state index in [9.17, 15) is 9.59 Å². The number of nitriles is 1. The van der Waals surface area contributed by atoms with Crippen molar-refractivity contribution in [3.05, 3.63) is 77.2 Å². The van der Waals surface area contributed by atoms with Crippen LogP contribution in [0.1, 0.15) is 22.8 Å². The van der Waals surface area contributed by atoms with E-state index >= 15 is 0 Å². The van der Waals surface area contributed by atoms with Crippen molar-refractivity contribution in [3.63, 3.8) is 0 Å². The number of esters is 1. The Bertz CT molecular complexity index is 1070. The van der Waals surface area contributed by atoms with Gasteiger partial charge in [-0.05, 0) is 42.6 Å². The lowest BCUT2D eigenvalue weighted by Crippen LogP contribution is -2.30. The highest BCUT2D eigenvalue weighted by Gasteiger charge is 2.22. The standard InChI is InChI=1S/C23H20N2O5S/c1-16(21(26)25-22-17(15-24)11-14-31-22)30-23(27)19-9-5-6-10-20(19)29-13-12-28-18-7-3-2-4-8-18/h2-11,14,16H,12-13H2,1H3,(H,25,26). The highest BCUT2D eigenvalue weighted by atomic mass is 32.1. The molecule has 0 saturated heterocycles. The highest BCUT2D eigenvalue weighted by Crippen LogP contribution is 2.23. The summed E-state index contributed by atoms with van der Waals surface area (Å²) in [6.07, 6.45) is -1.06. The lowest BCUT2D eigenvalue weighted by Gasteiger charge is -2.15. The van der Waals surface area contributed by atoms with Crippen LogP contribution in [-0.2, 0) is 9.53 Å². The Morgan fingerprint density at radius 1 is 1.03 bits per heavy atom. The molecular weight excluding hydrogens is 416 g/mol. The molecular formula is C23H20N2O5S. The molecule has 1 atom stereocenters. The molecule has 1 unspecified atom stereocenters. The van der Waals surface area contributed by atoms with Crippen molar-refractivity contribution in [1.29, 1.82) is 5.26 Å². The van der Waals surface area contributed by atoms with Gasteiger partial charge in [-0.15, -0.1) is 11.3 Å². The SMILES string of the molecule is CC(OC(=O)c1ccccc1OCCOc1ccccc1)C(=O)Nc1sccc1C#N. The van der Waals surface area contributed by atoms with Crippen LogP contribution in [0.25, 0.3) is 0 Å². The van der Waals surface area contributed by atoms with Crippen molar-refractivity contribution in [2.24, 2.45) is 0 Å². The van der Waals surface area contributed by atoms with Gasteiger partial charge >= 0.3 is 5.97 Å². The summed E-state index contributed by atoms with van der Waals surface area (Å²) in [5.41, 5.74) is 0.559. The molecule has 2 aromatic carbocycles. The van der Waals surface area contributed by atoms with E-state index in [2.05, 4.69) is 5.32 Å². The smallest absolute Gasteiger partial charge is 0.342 e. The molecule has 31 heavy (non-hydrogen) atoms. The van der Waals surface area contributed by atoms with E-state index in [1.807, 2.05) is 36.4 Å². The number of rotatable bonds is 9. The van der Waals surface area contributed by atoms with Gasteiger partial charge in [0, 0.05) is 0 Å². The zero-order chi connectivity index (χ0) is 22.1. The van der Waals surface area contributed by atoms with Gasteiger partial charge in [-0.2, -0.15) is 5.26 Å². The molecule has 1 amide bonds. The Labute approximate surface area is 183 Å². The summed E-state index contributed by atoms with van der Waals surface area (Å²) in [5, 5.41) is 13.7. The highest BCUT2D eigenvalue weighted by molar-refractivity contribution is 7.14. The molecule has 3 rings (SSSR count). The molecule has 1 heterocycles. The van der Waals surface area contributed by atoms with E-state index in [1.54, 1.807) is 35.7 Å². The van der Waals surface area contributed by atoms with Crippen LogP contribution >= 0.6 is 11.3 Å². The van der Waals surface area contributed by atoms with Gasteiger partial charge in [-0.1, -0.05) is 30.3 Å². The zero-order valence-electron chi connectivity index (χ0n) is 16.7. The summed E-state index contributed by atoms with van der Waals surface area (Å²) in [5.74, 6) is -0.151. The fourth-order valence-electron chi connectivity index (χ4n) is 2.57. The molecule has 158 valence electrons. The van der Waals surface area contributed by atoms with Gasteiger partial charge < -0.3 is 19.5 Å². The Balaban J connectivity index is 1.55. The van der Waals surface area contributed by atoms with Gasteiger partial charge in [0.15, 0.2) is 6.10 Å². The lowest BCUT2D eigenvalue weighted by atomic mass is 10.2. The number of hydrogen-bond donors (Lipinski definition) is 1. The van der Waals surface area contributed by atoms with Gasteiger partial charge in [0.25, 0.3) is 5.91 Å². The van der Waals surface area contributed by atoms with Crippen LogP contribution in [0.5, 0.6) is 11.5 Å². The molecule has 1 aromatic heterocycles. The van der Waals surface area contributed by atoms with E-state index in [4.69, 9.17) is 19.5 Å². The maximum atomic E-state index is 12.6. The third-order valence-electron chi connectivity index (χ3n) is 4.14. The fraction of sp³-hybridized carbons (Fsp3) is 0.174. The normalized spacial score (nSPS) is 11.1. The summed E-state index contributed by atoms with van der Waals surface area (Å²) in [6, 6.07) is 19.5. The van der Waals surface area contributed by atoms with Crippen LogP contribution < -0.4 is 14.8 Å². The number of nitrogens with zero attached hydrogens (tertiary/aromatic N) is 1. The Hall–Kier alpha value is -3.83. The second-order valence-electron chi connectivity index (χ2n) is 6.32. The largest absolute Gasteiger partial charge is 0.490 e. The van der Waals surface area contributed by atoms with Crippen molar-refractivity contribution in [3.8, 4) is 17.6 Å². The van der Waals surface area contributed by atoms with Crippen molar-refractivity contribution < 1.29 is 23.8 Å². The number of amides is 1. The lowest BCUT2D eigenvalue weighted by molar-refractivity contribution is -0.123. The fourth-order valence-corrected chi connectivity index (χ4v) is 3.31. The molecule has 0 saturated carbocycles. The monoisotopic (exact) mass is 436 g/mol. The number of anilines is 1. The molecule has 0 aliphatic heterocycles. The molecule has 1 N–H and O–H groups in total. The van der Waals surface area contributed by atoms with Crippen LogP contribution in [0.4, 0.5) is 5.00 Å². The number of ether oxygens (including phenoxy) is 3. The van der Waals surface area contributed by atoms with Gasteiger partial charge in [0.2, 0.25) is 0 Å². The molecule has 0 spiro atoms. The molecule has 0 aliphatic rings. The molecule has 7 nitrogen and oxygen atoms in total. The second-order valence-corrected chi connectivity index (χ2v) is 7.23. The Morgan fingerprint density at radius 3 is 2.52 bits per heavy atom. The Morgan fingerprint density at radius 2 is 1.74 bits per heavy atom. The minimum Gasteiger partial charge on any atom is -0.490 e. The first-order valence-corrected chi connectivity index (χ1v) is 10.4. The van der Waals surface area contributed by atoms with Crippen molar-refractivity contribution in [1.82, 2.24) is 0 Å². The third-order valence-corrected chi connectivity index (χ3v) is 4.97. The molecule has 8 heteroatoms. The number of benzene rings is 2. The van der Waals surface area contributed by atoms with E-state index in [0.29, 0.717) is 22.9 Å². The average Bonchev–Trinajstić information content (AvgIpc) is 3.24. The van der Waals surface area contributed by atoms with Gasteiger partial charge in [0.05, 0.1) is 5.56 Å². The minimum absolute atomic E-state index is 0.204. The first-order chi connectivity index (χ1) is 15.1. The number of carbonyl (C=O) groups is 2. The predicted molar refractivity (Wildman–Crippen MR) is 116 cm³/mol. The molecule has 0 radical (unpaired) electrons. The maximum Gasteiger partial charge on any atom is 0.342 e. The minimum atomic E-state index is -1.06. The Kier molecular flexibility index (Phi) is 7.62. The van der Waals surface area contributed by atoms with E-state index in [0.717, 1.165) is 5.75 Å². The predicted octanol–water partition coefficient (Wildman–Crippen LogP) is 4.26. The van der Waals surface area contributed by atoms with Gasteiger partial charge in [-0.3, -0.25) is 4.79 Å². The molecule has 0 bridgehead atoms. The van der Waals surface area contributed by atoms with Crippen LogP contribution in [-0.4, -0.2) is 31.2 Å². The van der Waals surface area contributed by atoms with E-state index in [1.165, 1.54) is 18.3 Å². The van der Waals surface area contributed by atoms with Crippen molar-refractivity contribution in [2.45, 2.75) is 13.0 Å². The van der Waals surface area contributed by atoms with E-state index < -0.39 is 18.0 Å². The quantitative estimate of drug-likeness (QED) is 0.398. The zero-order valence-corrected chi connectivity index (χ0v) is 17.6. The first-order valence-electron chi connectivity index (χ1n) is 9.47. The molecule has 0 fully saturated rings. The van der Waals surface area contributed by atoms with E-state index in [-0.39, 0.29) is 12.2 Å². The van der Waals surface area contributed by atoms with Gasteiger partial charge in [-0.25, -0.2) is 4.79 Å². The first kappa shape index (κ1) is 21.9. The molecule has 3 aromatic rings. The summed E-state index contributed by atoms with van der Waals surface area (Å²) in [6.45, 7) is 1.99.